The Morgan fingerprint density at radius 3 is 2.38 bits per heavy atom. The van der Waals surface area contributed by atoms with Gasteiger partial charge in [0.2, 0.25) is 0 Å². The van der Waals surface area contributed by atoms with Gasteiger partial charge in [0.25, 0.3) is 0 Å². The average Bonchev–Trinajstić information content (AvgIpc) is 3.02. The van der Waals surface area contributed by atoms with E-state index in [0.29, 0.717) is 50.0 Å². The Bertz CT molecular complexity index is 747. The predicted octanol–water partition coefficient (Wildman–Crippen LogP) is 3.60. The van der Waals surface area contributed by atoms with E-state index in [1.54, 1.807) is 6.07 Å². The van der Waals surface area contributed by atoms with Crippen molar-refractivity contribution in [1.82, 2.24) is 4.98 Å². The summed E-state index contributed by atoms with van der Waals surface area (Å²) in [7, 11) is 0. The maximum absolute atomic E-state index is 13.0. The van der Waals surface area contributed by atoms with E-state index in [1.165, 1.54) is 6.07 Å². The zero-order chi connectivity index (χ0) is 16.8. The summed E-state index contributed by atoms with van der Waals surface area (Å²) in [5, 5.41) is 0.703. The van der Waals surface area contributed by atoms with Crippen molar-refractivity contribution in [3.05, 3.63) is 36.0 Å². The summed E-state index contributed by atoms with van der Waals surface area (Å²) in [6.07, 6.45) is -3.05. The fourth-order valence-electron chi connectivity index (χ4n) is 3.42. The molecule has 0 radical (unpaired) electrons. The number of anilines is 1. The van der Waals surface area contributed by atoms with Crippen LogP contribution in [0.3, 0.4) is 0 Å². The van der Waals surface area contributed by atoms with Gasteiger partial charge < -0.3 is 14.4 Å². The molecule has 1 aromatic heterocycles. The molecule has 0 saturated carbocycles. The molecule has 2 fully saturated rings. The number of piperidine rings is 1. The normalized spacial score (nSPS) is 20.9. The summed E-state index contributed by atoms with van der Waals surface area (Å²) in [5.41, 5.74) is 0.251. The van der Waals surface area contributed by atoms with E-state index in [4.69, 9.17) is 9.47 Å². The Labute approximate surface area is 137 Å². The van der Waals surface area contributed by atoms with E-state index in [2.05, 4.69) is 9.88 Å². The minimum Gasteiger partial charge on any atom is -0.369 e. The summed E-state index contributed by atoms with van der Waals surface area (Å²) in [6, 6.07) is 7.95. The smallest absolute Gasteiger partial charge is 0.369 e. The second-order valence-electron chi connectivity index (χ2n) is 6.14. The first-order valence-electron chi connectivity index (χ1n) is 7.97. The molecule has 4 rings (SSSR count). The van der Waals surface area contributed by atoms with Crippen molar-refractivity contribution in [3.63, 3.8) is 0 Å². The number of halogens is 3. The number of nitrogens with zero attached hydrogens (tertiary/aromatic N) is 2. The molecule has 1 aromatic carbocycles. The van der Waals surface area contributed by atoms with Crippen LogP contribution < -0.4 is 4.90 Å². The van der Waals surface area contributed by atoms with Crippen molar-refractivity contribution >= 4 is 16.6 Å². The lowest BCUT2D eigenvalue weighted by atomic mass is 10.0. The molecule has 0 bridgehead atoms. The van der Waals surface area contributed by atoms with Crippen molar-refractivity contribution in [2.45, 2.75) is 24.8 Å². The SMILES string of the molecule is FC(F)(F)c1ccc2cccc(N3CCC4(CC3)OCCO4)c2n1. The van der Waals surface area contributed by atoms with Crippen molar-refractivity contribution in [2.75, 3.05) is 31.2 Å². The third kappa shape index (κ3) is 2.71. The highest BCUT2D eigenvalue weighted by Crippen LogP contribution is 2.36. The maximum atomic E-state index is 13.0. The van der Waals surface area contributed by atoms with E-state index in [-0.39, 0.29) is 0 Å². The van der Waals surface area contributed by atoms with E-state index in [0.717, 1.165) is 11.8 Å². The number of benzene rings is 1. The maximum Gasteiger partial charge on any atom is 0.433 e. The fourth-order valence-corrected chi connectivity index (χ4v) is 3.42. The van der Waals surface area contributed by atoms with E-state index in [9.17, 15) is 13.2 Å². The van der Waals surface area contributed by atoms with Gasteiger partial charge in [0.05, 0.1) is 24.4 Å². The molecule has 3 heterocycles. The van der Waals surface area contributed by atoms with Crippen LogP contribution in [0.1, 0.15) is 18.5 Å². The highest BCUT2D eigenvalue weighted by Gasteiger charge is 2.40. The number of ether oxygens (including phenoxy) is 2. The Balaban J connectivity index is 1.66. The minimum absolute atomic E-state index is 0.386. The number of fused-ring (bicyclic) bond motifs is 1. The van der Waals surface area contributed by atoms with E-state index < -0.39 is 17.7 Å². The van der Waals surface area contributed by atoms with Gasteiger partial charge in [0.15, 0.2) is 5.79 Å². The molecule has 1 spiro atoms. The predicted molar refractivity (Wildman–Crippen MR) is 82.8 cm³/mol. The van der Waals surface area contributed by atoms with Gasteiger partial charge in [-0.1, -0.05) is 18.2 Å². The minimum atomic E-state index is -4.45. The lowest BCUT2D eigenvalue weighted by molar-refractivity contribution is -0.169. The zero-order valence-electron chi connectivity index (χ0n) is 13.0. The number of para-hydroxylation sites is 1. The number of alkyl halides is 3. The molecule has 7 heteroatoms. The third-order valence-corrected chi connectivity index (χ3v) is 4.67. The van der Waals surface area contributed by atoms with Crippen LogP contribution in [-0.4, -0.2) is 37.1 Å². The summed E-state index contributed by atoms with van der Waals surface area (Å²) >= 11 is 0. The number of aromatic nitrogens is 1. The molecule has 2 aliphatic heterocycles. The van der Waals surface area contributed by atoms with Gasteiger partial charge in [-0.05, 0) is 12.1 Å². The molecule has 0 aliphatic carbocycles. The zero-order valence-corrected chi connectivity index (χ0v) is 13.0. The summed E-state index contributed by atoms with van der Waals surface area (Å²) < 4.78 is 50.3. The second-order valence-corrected chi connectivity index (χ2v) is 6.14. The largest absolute Gasteiger partial charge is 0.433 e. The van der Waals surface area contributed by atoms with Crippen LogP contribution in [0.4, 0.5) is 18.9 Å². The molecule has 128 valence electrons. The molecule has 2 aromatic rings. The molecule has 2 saturated heterocycles. The van der Waals surface area contributed by atoms with E-state index >= 15 is 0 Å². The first kappa shape index (κ1) is 15.7. The van der Waals surface area contributed by atoms with Crippen LogP contribution in [0.2, 0.25) is 0 Å². The first-order valence-corrected chi connectivity index (χ1v) is 7.97. The van der Waals surface area contributed by atoms with Gasteiger partial charge in [-0.25, -0.2) is 4.98 Å². The van der Waals surface area contributed by atoms with Gasteiger partial charge in [-0.2, -0.15) is 13.2 Å². The Kier molecular flexibility index (Phi) is 3.65. The topological polar surface area (TPSA) is 34.6 Å². The Hall–Kier alpha value is -1.86. The summed E-state index contributed by atoms with van der Waals surface area (Å²) in [4.78, 5) is 5.94. The lowest BCUT2D eigenvalue weighted by Gasteiger charge is -2.38. The van der Waals surface area contributed by atoms with Crippen LogP contribution in [-0.2, 0) is 15.7 Å². The average molecular weight is 338 g/mol. The molecular weight excluding hydrogens is 321 g/mol. The molecule has 2 aliphatic rings. The van der Waals surface area contributed by atoms with Crippen LogP contribution in [0.15, 0.2) is 30.3 Å². The van der Waals surface area contributed by atoms with Gasteiger partial charge in [-0.3, -0.25) is 0 Å². The van der Waals surface area contributed by atoms with Crippen LogP contribution in [0.5, 0.6) is 0 Å². The Morgan fingerprint density at radius 1 is 1.00 bits per heavy atom. The standard InChI is InChI=1S/C17H17F3N2O2/c18-17(19,20)14-5-4-12-2-1-3-13(15(12)21-14)22-8-6-16(7-9-22)23-10-11-24-16/h1-5H,6-11H2. The number of rotatable bonds is 1. The summed E-state index contributed by atoms with van der Waals surface area (Å²) in [5.74, 6) is -0.508. The molecule has 4 nitrogen and oxygen atoms in total. The van der Waals surface area contributed by atoms with Crippen LogP contribution in [0.25, 0.3) is 10.9 Å². The summed E-state index contributed by atoms with van der Waals surface area (Å²) in [6.45, 7) is 2.53. The molecule has 0 N–H and O–H groups in total. The van der Waals surface area contributed by atoms with Crippen molar-refractivity contribution in [2.24, 2.45) is 0 Å². The van der Waals surface area contributed by atoms with Gasteiger partial charge in [-0.15, -0.1) is 0 Å². The monoisotopic (exact) mass is 338 g/mol. The van der Waals surface area contributed by atoms with E-state index in [1.807, 2.05) is 12.1 Å². The molecule has 24 heavy (non-hydrogen) atoms. The van der Waals surface area contributed by atoms with Crippen molar-refractivity contribution in [1.29, 1.82) is 0 Å². The number of hydrogen-bond donors (Lipinski definition) is 0. The third-order valence-electron chi connectivity index (χ3n) is 4.67. The number of pyridine rings is 1. The highest BCUT2D eigenvalue weighted by atomic mass is 19.4. The van der Waals surface area contributed by atoms with Crippen molar-refractivity contribution < 1.29 is 22.6 Å². The van der Waals surface area contributed by atoms with Gasteiger partial charge in [0.1, 0.15) is 5.69 Å². The highest BCUT2D eigenvalue weighted by molar-refractivity contribution is 5.91. The number of hydrogen-bond acceptors (Lipinski definition) is 4. The second kappa shape index (κ2) is 5.60. The van der Waals surface area contributed by atoms with Crippen molar-refractivity contribution in [3.8, 4) is 0 Å². The van der Waals surface area contributed by atoms with Crippen LogP contribution in [0, 0.1) is 0 Å². The van der Waals surface area contributed by atoms with Gasteiger partial charge >= 0.3 is 6.18 Å². The lowest BCUT2D eigenvalue weighted by Crippen LogP contribution is -2.45. The molecule has 0 unspecified atom stereocenters. The molecule has 0 amide bonds. The Morgan fingerprint density at radius 2 is 1.71 bits per heavy atom. The molecular formula is C17H17F3N2O2. The molecule has 0 atom stereocenters. The first-order chi connectivity index (χ1) is 11.5. The van der Waals surface area contributed by atoms with Gasteiger partial charge in [0, 0.05) is 31.3 Å². The quantitative estimate of drug-likeness (QED) is 0.796. The fraction of sp³-hybridized carbons (Fsp3) is 0.471. The van der Waals surface area contributed by atoms with Crippen LogP contribution >= 0.6 is 0 Å².